The Hall–Kier alpha value is -2.64. The molecular weight excluding hydrogens is 402 g/mol. The van der Waals surface area contributed by atoms with Gasteiger partial charge in [0.15, 0.2) is 17.7 Å². The third-order valence-corrected chi connectivity index (χ3v) is 5.99. The highest BCUT2D eigenvalue weighted by atomic mass is 32.2. The average Bonchev–Trinajstić information content (AvgIpc) is 3.24. The number of benzene rings is 1. The Labute approximate surface area is 165 Å². The molecule has 1 aromatic carbocycles. The quantitative estimate of drug-likeness (QED) is 0.468. The zero-order valence-corrected chi connectivity index (χ0v) is 16.1. The van der Waals surface area contributed by atoms with Crippen molar-refractivity contribution in [1.29, 1.82) is 0 Å². The van der Waals surface area contributed by atoms with Crippen LogP contribution in [0.4, 0.5) is 5.82 Å². The van der Waals surface area contributed by atoms with Crippen molar-refractivity contribution < 1.29 is 27.6 Å². The Kier molecular flexibility index (Phi) is 4.96. The number of rotatable bonds is 5. The molecule has 29 heavy (non-hydrogen) atoms. The molecule has 4 atom stereocenters. The maximum atomic E-state index is 12.3. The van der Waals surface area contributed by atoms with Crippen molar-refractivity contribution in [1.82, 2.24) is 19.5 Å². The zero-order valence-electron chi connectivity index (χ0n) is 15.3. The molecule has 1 fully saturated rings. The number of imidazole rings is 1. The summed E-state index contributed by atoms with van der Waals surface area (Å²) >= 11 is 0. The van der Waals surface area contributed by atoms with E-state index in [1.54, 1.807) is 12.1 Å². The number of aromatic nitrogens is 4. The molecule has 1 aliphatic heterocycles. The molecule has 11 nitrogen and oxygen atoms in total. The van der Waals surface area contributed by atoms with Crippen molar-refractivity contribution in [3.05, 3.63) is 42.5 Å². The lowest BCUT2D eigenvalue weighted by molar-refractivity contribution is -0.0467. The van der Waals surface area contributed by atoms with Crippen LogP contribution >= 0.6 is 0 Å². The van der Waals surface area contributed by atoms with Crippen LogP contribution in [0, 0.1) is 6.92 Å². The normalized spacial score (nSPS) is 24.9. The average molecular weight is 421 g/mol. The number of nitrogens with two attached hydrogens (primary N) is 1. The maximum Gasteiger partial charge on any atom is 0.297 e. The topological polar surface area (TPSA) is 163 Å². The summed E-state index contributed by atoms with van der Waals surface area (Å²) in [6.07, 6.45) is -2.30. The first kappa shape index (κ1) is 19.7. The fraction of sp³-hybridized carbons (Fsp3) is 0.353. The van der Waals surface area contributed by atoms with Gasteiger partial charge in [0, 0.05) is 0 Å². The summed E-state index contributed by atoms with van der Waals surface area (Å²) in [6.45, 7) is 1.36. The summed E-state index contributed by atoms with van der Waals surface area (Å²) in [5.74, 6) is 0.158. The summed E-state index contributed by atoms with van der Waals surface area (Å²) in [5, 5.41) is 20.7. The van der Waals surface area contributed by atoms with Crippen molar-refractivity contribution in [2.75, 3.05) is 12.3 Å². The fourth-order valence-corrected chi connectivity index (χ4v) is 4.00. The summed E-state index contributed by atoms with van der Waals surface area (Å²) in [5.41, 5.74) is 7.28. The Bertz CT molecular complexity index is 1130. The van der Waals surface area contributed by atoms with Crippen LogP contribution in [0.15, 0.2) is 41.8 Å². The molecule has 4 rings (SSSR count). The molecule has 0 aliphatic carbocycles. The Morgan fingerprint density at radius 2 is 1.90 bits per heavy atom. The van der Waals surface area contributed by atoms with Crippen LogP contribution < -0.4 is 5.73 Å². The van der Waals surface area contributed by atoms with Gasteiger partial charge in [0.2, 0.25) is 0 Å². The van der Waals surface area contributed by atoms with Gasteiger partial charge < -0.3 is 20.7 Å². The van der Waals surface area contributed by atoms with Crippen molar-refractivity contribution >= 4 is 27.1 Å². The van der Waals surface area contributed by atoms with Gasteiger partial charge in [0.1, 0.15) is 30.2 Å². The van der Waals surface area contributed by atoms with Gasteiger partial charge in [-0.2, -0.15) is 8.42 Å². The number of nitrogens with zero attached hydrogens (tertiary/aromatic N) is 4. The number of anilines is 1. The molecule has 0 bridgehead atoms. The van der Waals surface area contributed by atoms with E-state index in [1.807, 2.05) is 6.92 Å². The number of fused-ring (bicyclic) bond motifs is 1. The summed E-state index contributed by atoms with van der Waals surface area (Å²) in [6, 6.07) is 6.15. The van der Waals surface area contributed by atoms with Crippen molar-refractivity contribution in [3.63, 3.8) is 0 Å². The van der Waals surface area contributed by atoms with E-state index < -0.39 is 41.3 Å². The molecule has 0 spiro atoms. The molecule has 154 valence electrons. The molecular formula is C17H19N5O6S. The minimum atomic E-state index is -4.05. The van der Waals surface area contributed by atoms with Crippen LogP contribution in [0.1, 0.15) is 11.8 Å². The number of aliphatic hydroxyl groups is 2. The molecule has 1 aliphatic rings. The van der Waals surface area contributed by atoms with E-state index in [-0.39, 0.29) is 10.7 Å². The smallest absolute Gasteiger partial charge is 0.297 e. The molecule has 0 saturated carbocycles. The van der Waals surface area contributed by atoms with Crippen molar-refractivity contribution in [2.24, 2.45) is 0 Å². The van der Waals surface area contributed by atoms with Crippen LogP contribution in [0.2, 0.25) is 0 Å². The van der Waals surface area contributed by atoms with Gasteiger partial charge in [-0.05, 0) is 19.1 Å². The third kappa shape index (κ3) is 3.56. The van der Waals surface area contributed by atoms with Crippen LogP contribution in [0.3, 0.4) is 0 Å². The minimum absolute atomic E-state index is 0.0135. The van der Waals surface area contributed by atoms with Crippen LogP contribution in [-0.4, -0.2) is 63.1 Å². The molecule has 0 unspecified atom stereocenters. The summed E-state index contributed by atoms with van der Waals surface area (Å²) < 4.78 is 36.8. The third-order valence-electron chi connectivity index (χ3n) is 4.70. The molecule has 0 radical (unpaired) electrons. The van der Waals surface area contributed by atoms with E-state index in [0.29, 0.717) is 11.2 Å². The first-order valence-corrected chi connectivity index (χ1v) is 10.1. The van der Waals surface area contributed by atoms with E-state index in [1.165, 1.54) is 29.4 Å². The van der Waals surface area contributed by atoms with Gasteiger partial charge in [-0.25, -0.2) is 15.0 Å². The van der Waals surface area contributed by atoms with Crippen LogP contribution in [0.25, 0.3) is 11.2 Å². The monoisotopic (exact) mass is 421 g/mol. The fourth-order valence-electron chi connectivity index (χ4n) is 3.08. The molecule has 0 amide bonds. The van der Waals surface area contributed by atoms with Gasteiger partial charge >= 0.3 is 0 Å². The number of ether oxygens (including phenoxy) is 1. The Morgan fingerprint density at radius 3 is 2.62 bits per heavy atom. The highest BCUT2D eigenvalue weighted by molar-refractivity contribution is 7.86. The molecule has 3 heterocycles. The number of hydrogen-bond acceptors (Lipinski definition) is 10. The second kappa shape index (κ2) is 7.31. The van der Waals surface area contributed by atoms with Crippen LogP contribution in [0.5, 0.6) is 0 Å². The van der Waals surface area contributed by atoms with E-state index in [0.717, 1.165) is 5.56 Å². The van der Waals surface area contributed by atoms with Gasteiger partial charge in [-0.3, -0.25) is 8.75 Å². The largest absolute Gasteiger partial charge is 0.387 e. The van der Waals surface area contributed by atoms with E-state index in [2.05, 4.69) is 15.0 Å². The summed E-state index contributed by atoms with van der Waals surface area (Å²) in [7, 11) is -4.05. The van der Waals surface area contributed by atoms with E-state index >= 15 is 0 Å². The first-order valence-electron chi connectivity index (χ1n) is 8.68. The second-order valence-electron chi connectivity index (χ2n) is 6.68. The lowest BCUT2D eigenvalue weighted by Crippen LogP contribution is -2.34. The van der Waals surface area contributed by atoms with Crippen LogP contribution in [-0.2, 0) is 19.0 Å². The number of aryl methyl sites for hydroxylation is 1. The SMILES string of the molecule is Cc1ccc(S(=O)(=O)OC[C@H]2O[C@@H](n3cnc4c(N)ncnc43)[C@@H](O)[C@H]2O)cc1. The van der Waals surface area contributed by atoms with Gasteiger partial charge in [-0.1, -0.05) is 17.7 Å². The molecule has 12 heteroatoms. The maximum absolute atomic E-state index is 12.3. The first-order chi connectivity index (χ1) is 13.8. The second-order valence-corrected chi connectivity index (χ2v) is 8.30. The highest BCUT2D eigenvalue weighted by Crippen LogP contribution is 2.32. The predicted molar refractivity (Wildman–Crippen MR) is 100.0 cm³/mol. The number of nitrogen functional groups attached to an aromatic ring is 1. The van der Waals surface area contributed by atoms with E-state index in [9.17, 15) is 18.6 Å². The summed E-state index contributed by atoms with van der Waals surface area (Å²) in [4.78, 5) is 12.0. The predicted octanol–water partition coefficient (Wildman–Crippen LogP) is -0.258. The zero-order chi connectivity index (χ0) is 20.8. The Morgan fingerprint density at radius 1 is 1.17 bits per heavy atom. The lowest BCUT2D eigenvalue weighted by atomic mass is 10.1. The number of aliphatic hydroxyl groups excluding tert-OH is 2. The highest BCUT2D eigenvalue weighted by Gasteiger charge is 2.45. The Balaban J connectivity index is 1.51. The standard InChI is InChI=1S/C17H19N5O6S/c1-9-2-4-10(5-3-9)29(25,26)27-6-11-13(23)14(24)17(28-11)22-8-21-12-15(18)19-7-20-16(12)22/h2-5,7-8,11,13-14,17,23-24H,6H2,1H3,(H2,18,19,20)/t11-,13+,14+,17-/m1/s1. The minimum Gasteiger partial charge on any atom is -0.387 e. The number of hydrogen-bond donors (Lipinski definition) is 3. The molecule has 2 aromatic heterocycles. The van der Waals surface area contributed by atoms with Crippen molar-refractivity contribution in [3.8, 4) is 0 Å². The lowest BCUT2D eigenvalue weighted by Gasteiger charge is -2.16. The molecule has 4 N–H and O–H groups in total. The molecule has 3 aromatic rings. The van der Waals surface area contributed by atoms with Gasteiger partial charge in [0.25, 0.3) is 10.1 Å². The van der Waals surface area contributed by atoms with E-state index in [4.69, 9.17) is 14.7 Å². The van der Waals surface area contributed by atoms with Gasteiger partial charge in [0.05, 0.1) is 17.8 Å². The van der Waals surface area contributed by atoms with Crippen molar-refractivity contribution in [2.45, 2.75) is 36.4 Å². The molecule has 1 saturated heterocycles. The van der Waals surface area contributed by atoms with Gasteiger partial charge in [-0.15, -0.1) is 0 Å².